The van der Waals surface area contributed by atoms with Gasteiger partial charge in [0, 0.05) is 35.6 Å². The third kappa shape index (κ3) is 2.41. The minimum atomic E-state index is 0.158. The molecule has 0 saturated carbocycles. The molecule has 1 N–H and O–H groups in total. The number of aromatic amines is 1. The lowest BCUT2D eigenvalue weighted by atomic mass is 9.95. The maximum atomic E-state index is 12.8. The molecule has 3 heterocycles. The highest BCUT2D eigenvalue weighted by molar-refractivity contribution is 7.20. The van der Waals surface area contributed by atoms with Gasteiger partial charge >= 0.3 is 0 Å². The van der Waals surface area contributed by atoms with E-state index in [1.165, 1.54) is 4.70 Å². The van der Waals surface area contributed by atoms with Crippen LogP contribution in [-0.4, -0.2) is 34.1 Å². The zero-order chi connectivity index (χ0) is 14.9. The van der Waals surface area contributed by atoms with Gasteiger partial charge in [-0.3, -0.25) is 9.89 Å². The van der Waals surface area contributed by atoms with E-state index in [1.54, 1.807) is 17.5 Å². The van der Waals surface area contributed by atoms with Crippen LogP contribution in [0.5, 0.6) is 0 Å². The molecule has 3 aromatic rings. The maximum Gasteiger partial charge on any atom is 0.263 e. The first-order chi connectivity index (χ1) is 10.8. The van der Waals surface area contributed by atoms with Gasteiger partial charge in [0.25, 0.3) is 5.91 Å². The molecule has 0 aliphatic carbocycles. The van der Waals surface area contributed by atoms with Crippen molar-refractivity contribution in [1.29, 1.82) is 0 Å². The topological polar surface area (TPSA) is 49.0 Å². The van der Waals surface area contributed by atoms with Crippen LogP contribution in [0.25, 0.3) is 10.1 Å². The molecule has 1 fully saturated rings. The number of piperidine rings is 1. The van der Waals surface area contributed by atoms with Crippen LogP contribution in [-0.2, 0) is 0 Å². The number of H-pyrrole nitrogens is 1. The Bertz CT molecular complexity index is 760. The molecule has 1 aromatic carbocycles. The zero-order valence-corrected chi connectivity index (χ0v) is 13.0. The van der Waals surface area contributed by atoms with Gasteiger partial charge in [-0.2, -0.15) is 5.10 Å². The summed E-state index contributed by atoms with van der Waals surface area (Å²) in [5, 5.41) is 8.22. The van der Waals surface area contributed by atoms with Gasteiger partial charge in [0.15, 0.2) is 0 Å². The summed E-state index contributed by atoms with van der Waals surface area (Å²) >= 11 is 1.59. The van der Waals surface area contributed by atoms with E-state index in [9.17, 15) is 4.79 Å². The molecule has 1 atom stereocenters. The molecule has 0 spiro atoms. The Balaban J connectivity index is 1.56. The summed E-state index contributed by atoms with van der Waals surface area (Å²) < 4.78 is 1.17. The van der Waals surface area contributed by atoms with E-state index in [2.05, 4.69) is 22.3 Å². The van der Waals surface area contributed by atoms with Gasteiger partial charge in [-0.25, -0.2) is 0 Å². The quantitative estimate of drug-likeness (QED) is 0.785. The number of aromatic nitrogens is 2. The number of carbonyl (C=O) groups is 1. The van der Waals surface area contributed by atoms with E-state index in [0.717, 1.165) is 41.9 Å². The van der Waals surface area contributed by atoms with Crippen LogP contribution in [0.2, 0.25) is 0 Å². The fourth-order valence-electron chi connectivity index (χ4n) is 3.15. The molecule has 4 rings (SSSR count). The number of nitrogens with one attached hydrogen (secondary N) is 1. The first-order valence-corrected chi connectivity index (χ1v) is 8.40. The van der Waals surface area contributed by atoms with Crippen molar-refractivity contribution in [3.63, 3.8) is 0 Å². The first-order valence-electron chi connectivity index (χ1n) is 7.58. The molecule has 1 aliphatic heterocycles. The molecule has 22 heavy (non-hydrogen) atoms. The Morgan fingerprint density at radius 1 is 1.32 bits per heavy atom. The Morgan fingerprint density at radius 2 is 2.23 bits per heavy atom. The van der Waals surface area contributed by atoms with Gasteiger partial charge in [0.05, 0.1) is 4.88 Å². The molecule has 0 unspecified atom stereocenters. The number of likely N-dealkylation sites (tertiary alicyclic amines) is 1. The average molecular weight is 311 g/mol. The van der Waals surface area contributed by atoms with E-state index >= 15 is 0 Å². The van der Waals surface area contributed by atoms with Crippen LogP contribution in [0.3, 0.4) is 0 Å². The standard InChI is InChI=1S/C17H17N3OS/c21-17(16-10-12-4-1-2-6-15(12)22-16)20-9-3-5-13(11-20)14-7-8-18-19-14/h1-2,4,6-8,10,13H,3,5,9,11H2,(H,18,19)/t13-/m0/s1. The van der Waals surface area contributed by atoms with E-state index in [-0.39, 0.29) is 5.91 Å². The van der Waals surface area contributed by atoms with Crippen molar-refractivity contribution < 1.29 is 4.79 Å². The van der Waals surface area contributed by atoms with E-state index < -0.39 is 0 Å². The van der Waals surface area contributed by atoms with Crippen molar-refractivity contribution in [3.05, 3.63) is 53.2 Å². The molecule has 0 radical (unpaired) electrons. The third-order valence-corrected chi connectivity index (χ3v) is 5.41. The molecule has 2 aromatic heterocycles. The lowest BCUT2D eigenvalue weighted by Crippen LogP contribution is -2.38. The van der Waals surface area contributed by atoms with E-state index in [4.69, 9.17) is 0 Å². The molecular formula is C17H17N3OS. The number of amides is 1. The van der Waals surface area contributed by atoms with Crippen molar-refractivity contribution in [2.45, 2.75) is 18.8 Å². The Hall–Kier alpha value is -2.14. The lowest BCUT2D eigenvalue weighted by Gasteiger charge is -2.31. The highest BCUT2D eigenvalue weighted by Gasteiger charge is 2.27. The molecule has 112 valence electrons. The second-order valence-electron chi connectivity index (χ2n) is 5.75. The summed E-state index contributed by atoms with van der Waals surface area (Å²) in [4.78, 5) is 15.6. The molecule has 0 bridgehead atoms. The lowest BCUT2D eigenvalue weighted by molar-refractivity contribution is 0.0711. The summed E-state index contributed by atoms with van der Waals surface area (Å²) in [7, 11) is 0. The zero-order valence-electron chi connectivity index (χ0n) is 12.2. The van der Waals surface area contributed by atoms with Crippen molar-refractivity contribution in [2.24, 2.45) is 0 Å². The van der Waals surface area contributed by atoms with Gasteiger partial charge < -0.3 is 4.90 Å². The van der Waals surface area contributed by atoms with Gasteiger partial charge in [-0.05, 0) is 36.4 Å². The van der Waals surface area contributed by atoms with Crippen molar-refractivity contribution >= 4 is 27.3 Å². The van der Waals surface area contributed by atoms with Gasteiger partial charge in [-0.15, -0.1) is 11.3 Å². The van der Waals surface area contributed by atoms with Crippen LogP contribution < -0.4 is 0 Å². The first kappa shape index (κ1) is 13.5. The van der Waals surface area contributed by atoms with Crippen LogP contribution in [0.4, 0.5) is 0 Å². The minimum absolute atomic E-state index is 0.158. The van der Waals surface area contributed by atoms with Gasteiger partial charge in [-0.1, -0.05) is 18.2 Å². The van der Waals surface area contributed by atoms with Crippen molar-refractivity contribution in [3.8, 4) is 0 Å². The predicted octanol–water partition coefficient (Wildman–Crippen LogP) is 3.64. The summed E-state index contributed by atoms with van der Waals surface area (Å²) in [6.07, 6.45) is 3.93. The minimum Gasteiger partial charge on any atom is -0.337 e. The van der Waals surface area contributed by atoms with Crippen molar-refractivity contribution in [1.82, 2.24) is 15.1 Å². The number of benzene rings is 1. The summed E-state index contributed by atoms with van der Waals surface area (Å²) in [5.74, 6) is 0.528. The molecule has 1 saturated heterocycles. The van der Waals surface area contributed by atoms with Crippen LogP contribution >= 0.6 is 11.3 Å². The number of hydrogen-bond acceptors (Lipinski definition) is 3. The number of nitrogens with zero attached hydrogens (tertiary/aromatic N) is 2. The Kier molecular flexibility index (Phi) is 3.42. The van der Waals surface area contributed by atoms with Crippen LogP contribution in [0, 0.1) is 0 Å². The van der Waals surface area contributed by atoms with Crippen molar-refractivity contribution in [2.75, 3.05) is 13.1 Å². The number of thiophene rings is 1. The van der Waals surface area contributed by atoms with Crippen LogP contribution in [0.15, 0.2) is 42.6 Å². The monoisotopic (exact) mass is 311 g/mol. The van der Waals surface area contributed by atoms with Crippen LogP contribution in [0.1, 0.15) is 34.1 Å². The smallest absolute Gasteiger partial charge is 0.263 e. The number of carbonyl (C=O) groups excluding carboxylic acids is 1. The fraction of sp³-hybridized carbons (Fsp3) is 0.294. The molecule has 1 amide bonds. The predicted molar refractivity (Wildman–Crippen MR) is 88.3 cm³/mol. The van der Waals surface area contributed by atoms with Gasteiger partial charge in [0.1, 0.15) is 0 Å². The third-order valence-electron chi connectivity index (χ3n) is 4.31. The second-order valence-corrected chi connectivity index (χ2v) is 6.83. The maximum absolute atomic E-state index is 12.8. The van der Waals surface area contributed by atoms with E-state index in [0.29, 0.717) is 5.92 Å². The highest BCUT2D eigenvalue weighted by Crippen LogP contribution is 2.30. The number of rotatable bonds is 2. The SMILES string of the molecule is O=C(c1cc2ccccc2s1)N1CCC[C@H](c2ccn[nH]2)C1. The average Bonchev–Trinajstić information content (AvgIpc) is 3.23. The normalized spacial score (nSPS) is 18.7. The molecule has 1 aliphatic rings. The van der Waals surface area contributed by atoms with Gasteiger partial charge in [0.2, 0.25) is 0 Å². The summed E-state index contributed by atoms with van der Waals surface area (Å²) in [6.45, 7) is 1.62. The number of fused-ring (bicyclic) bond motifs is 1. The summed E-state index contributed by atoms with van der Waals surface area (Å²) in [5.41, 5.74) is 1.13. The molecular weight excluding hydrogens is 294 g/mol. The Labute approximate surface area is 132 Å². The molecule has 5 heteroatoms. The number of hydrogen-bond donors (Lipinski definition) is 1. The largest absolute Gasteiger partial charge is 0.337 e. The second kappa shape index (κ2) is 5.57. The Morgan fingerprint density at radius 3 is 3.05 bits per heavy atom. The highest BCUT2D eigenvalue weighted by atomic mass is 32.1. The summed E-state index contributed by atoms with van der Waals surface area (Å²) in [6, 6.07) is 12.2. The van der Waals surface area contributed by atoms with E-state index in [1.807, 2.05) is 29.2 Å². The fourth-order valence-corrected chi connectivity index (χ4v) is 4.18. The molecule has 4 nitrogen and oxygen atoms in total.